The maximum atomic E-state index is 11.6. The first-order valence-electron chi connectivity index (χ1n) is 12.5. The first-order valence-corrected chi connectivity index (χ1v) is 15.4. The Kier molecular flexibility index (Phi) is 5.40. The minimum absolute atomic E-state index is 0.267. The minimum atomic E-state index is -2.91. The van der Waals surface area contributed by atoms with Crippen molar-refractivity contribution in [2.24, 2.45) is 5.92 Å². The Hall–Kier alpha value is -2.23. The van der Waals surface area contributed by atoms with Crippen LogP contribution in [0.4, 0.5) is 0 Å². The molecule has 1 saturated carbocycles. The van der Waals surface area contributed by atoms with Gasteiger partial charge in [-0.15, -0.1) is 11.3 Å². The van der Waals surface area contributed by atoms with Crippen LogP contribution in [-0.2, 0) is 9.84 Å². The summed E-state index contributed by atoms with van der Waals surface area (Å²) in [6, 6.07) is 2.96. The first-order chi connectivity index (χ1) is 16.6. The number of nitrogens with one attached hydrogen (secondary N) is 1. The van der Waals surface area contributed by atoms with Gasteiger partial charge in [-0.1, -0.05) is 13.8 Å². The molecule has 5 heterocycles. The maximum absolute atomic E-state index is 11.6. The maximum Gasteiger partial charge on any atom is 0.158 e. The van der Waals surface area contributed by atoms with Crippen LogP contribution in [0.2, 0.25) is 0 Å². The summed E-state index contributed by atoms with van der Waals surface area (Å²) in [6.07, 6.45) is 7.40. The molecule has 2 bridgehead atoms. The number of aryl methyl sites for hydroxylation is 1. The van der Waals surface area contributed by atoms with Crippen LogP contribution < -0.4 is 0 Å². The minimum Gasteiger partial charge on any atom is -0.346 e. The molecule has 186 valence electrons. The molecular weight excluding hydrogens is 478 g/mol. The van der Waals surface area contributed by atoms with E-state index in [1.54, 1.807) is 6.33 Å². The summed E-state index contributed by atoms with van der Waals surface area (Å²) in [5.74, 6) is 1.87. The fourth-order valence-electron chi connectivity index (χ4n) is 6.42. The Morgan fingerprint density at radius 2 is 2.03 bits per heavy atom. The van der Waals surface area contributed by atoms with Crippen LogP contribution in [0.5, 0.6) is 0 Å². The monoisotopic (exact) mass is 511 g/mol. The molecule has 1 N–H and O–H groups in total. The molecule has 4 aromatic heterocycles. The molecule has 1 unspecified atom stereocenters. The van der Waals surface area contributed by atoms with E-state index in [0.717, 1.165) is 24.2 Å². The summed E-state index contributed by atoms with van der Waals surface area (Å²) in [4.78, 5) is 13.4. The number of rotatable bonds is 6. The number of pyridine rings is 1. The molecule has 6 rings (SSSR count). The topological polar surface area (TPSA) is 83.4 Å². The van der Waals surface area contributed by atoms with E-state index < -0.39 is 9.84 Å². The van der Waals surface area contributed by atoms with Gasteiger partial charge in [0.1, 0.15) is 21.0 Å². The number of aromatic nitrogens is 4. The second-order valence-electron chi connectivity index (χ2n) is 10.9. The third kappa shape index (κ3) is 3.83. The van der Waals surface area contributed by atoms with Crippen molar-refractivity contribution in [3.8, 4) is 11.3 Å². The second-order valence-corrected chi connectivity index (χ2v) is 14.2. The highest BCUT2D eigenvalue weighted by Crippen LogP contribution is 2.51. The number of nitrogens with zero attached hydrogens (tertiary/aromatic N) is 4. The van der Waals surface area contributed by atoms with E-state index in [2.05, 4.69) is 59.9 Å². The fraction of sp³-hybridized carbons (Fsp3) is 0.538. The highest BCUT2D eigenvalue weighted by atomic mass is 32.2. The summed E-state index contributed by atoms with van der Waals surface area (Å²) in [5, 5.41) is 5.75. The van der Waals surface area contributed by atoms with Crippen LogP contribution in [-0.4, -0.2) is 64.0 Å². The zero-order valence-electron chi connectivity index (χ0n) is 21.0. The average Bonchev–Trinajstić information content (AvgIpc) is 3.58. The zero-order valence-corrected chi connectivity index (χ0v) is 22.6. The Labute approximate surface area is 210 Å². The Balaban J connectivity index is 1.33. The van der Waals surface area contributed by atoms with Crippen molar-refractivity contribution in [3.63, 3.8) is 0 Å². The smallest absolute Gasteiger partial charge is 0.158 e. The number of thiophene rings is 1. The number of piperidine rings is 1. The highest BCUT2D eigenvalue weighted by Gasteiger charge is 2.45. The molecule has 3 atom stereocenters. The standard InChI is InChI=1S/C26H33N5O2S2/c1-14(2)23-20-10-22(19-9-18-8-17(19)11-30(18)6-7-35(5,32)33)34-26(20)29-24(23)21-12-31-25(27-13-28-31)16(4)15(21)3/h10,12-14,17-19,29H,6-9,11H2,1-5H3/t17-,18?,19+/m0/s1. The van der Waals surface area contributed by atoms with Crippen LogP contribution in [0.25, 0.3) is 27.1 Å². The molecule has 0 radical (unpaired) electrons. The van der Waals surface area contributed by atoms with Crippen LogP contribution in [0, 0.1) is 19.8 Å². The van der Waals surface area contributed by atoms with E-state index in [0.29, 0.717) is 30.3 Å². The van der Waals surface area contributed by atoms with Crippen LogP contribution in [0.1, 0.15) is 60.1 Å². The quantitative estimate of drug-likeness (QED) is 0.398. The van der Waals surface area contributed by atoms with Crippen LogP contribution >= 0.6 is 11.3 Å². The third-order valence-corrected chi connectivity index (χ3v) is 10.4. The largest absolute Gasteiger partial charge is 0.346 e. The molecule has 2 aliphatic rings. The third-order valence-electron chi connectivity index (χ3n) is 8.29. The predicted octanol–water partition coefficient (Wildman–Crippen LogP) is 4.90. The molecule has 4 aromatic rings. The van der Waals surface area contributed by atoms with Crippen molar-refractivity contribution >= 4 is 37.0 Å². The predicted molar refractivity (Wildman–Crippen MR) is 142 cm³/mol. The van der Waals surface area contributed by atoms with Gasteiger partial charge in [-0.2, -0.15) is 5.10 Å². The Bertz CT molecular complexity index is 1540. The summed E-state index contributed by atoms with van der Waals surface area (Å²) >= 11 is 1.91. The molecule has 2 fully saturated rings. The molecule has 1 aliphatic carbocycles. The summed E-state index contributed by atoms with van der Waals surface area (Å²) in [5.41, 5.74) is 7.08. The lowest BCUT2D eigenvalue weighted by Crippen LogP contribution is -2.37. The Morgan fingerprint density at radius 3 is 2.71 bits per heavy atom. The second kappa shape index (κ2) is 8.15. The van der Waals surface area contributed by atoms with Crippen molar-refractivity contribution in [3.05, 3.63) is 40.2 Å². The number of sulfone groups is 1. The van der Waals surface area contributed by atoms with E-state index >= 15 is 0 Å². The number of likely N-dealkylation sites (tertiary alicyclic amines) is 1. The van der Waals surface area contributed by atoms with Gasteiger partial charge in [-0.25, -0.2) is 17.9 Å². The highest BCUT2D eigenvalue weighted by molar-refractivity contribution is 7.90. The SMILES string of the molecule is Cc1c(-c2[nH]c3sc([C@@H]4CC5C[C@H]4CN5CCS(C)(=O)=O)cc3c2C(C)C)cn2ncnc2c1C. The summed E-state index contributed by atoms with van der Waals surface area (Å²) in [7, 11) is -2.91. The molecule has 0 aromatic carbocycles. The van der Waals surface area contributed by atoms with Crippen molar-refractivity contribution in [1.29, 1.82) is 0 Å². The fourth-order valence-corrected chi connectivity index (χ4v) is 8.27. The van der Waals surface area contributed by atoms with Gasteiger partial charge >= 0.3 is 0 Å². The first kappa shape index (κ1) is 23.2. The molecule has 0 spiro atoms. The molecular formula is C26H33N5O2S2. The van der Waals surface area contributed by atoms with Gasteiger partial charge in [-0.05, 0) is 67.2 Å². The van der Waals surface area contributed by atoms with Gasteiger partial charge in [0, 0.05) is 47.4 Å². The van der Waals surface area contributed by atoms with Crippen LogP contribution in [0.15, 0.2) is 18.6 Å². The number of aromatic amines is 1. The number of hydrogen-bond donors (Lipinski definition) is 1. The normalized spacial score (nSPS) is 23.0. The van der Waals surface area contributed by atoms with Gasteiger partial charge in [0.2, 0.25) is 0 Å². The van der Waals surface area contributed by atoms with Crippen molar-refractivity contribution < 1.29 is 8.42 Å². The molecule has 7 nitrogen and oxygen atoms in total. The van der Waals surface area contributed by atoms with Gasteiger partial charge in [0.25, 0.3) is 0 Å². The van der Waals surface area contributed by atoms with E-state index in [-0.39, 0.29) is 5.75 Å². The number of H-pyrrole nitrogens is 1. The Morgan fingerprint density at radius 1 is 1.23 bits per heavy atom. The lowest BCUT2D eigenvalue weighted by atomic mass is 9.91. The summed E-state index contributed by atoms with van der Waals surface area (Å²) < 4.78 is 25.1. The number of hydrogen-bond acceptors (Lipinski definition) is 6. The van der Waals surface area contributed by atoms with Gasteiger partial charge in [0.15, 0.2) is 5.65 Å². The van der Waals surface area contributed by atoms with Crippen molar-refractivity contribution in [1.82, 2.24) is 24.5 Å². The van der Waals surface area contributed by atoms with E-state index in [4.69, 9.17) is 0 Å². The molecule has 35 heavy (non-hydrogen) atoms. The van der Waals surface area contributed by atoms with Gasteiger partial charge < -0.3 is 4.98 Å². The van der Waals surface area contributed by atoms with Gasteiger partial charge in [0.05, 0.1) is 11.4 Å². The number of fused-ring (bicyclic) bond motifs is 4. The lowest BCUT2D eigenvalue weighted by molar-refractivity contribution is 0.211. The van der Waals surface area contributed by atoms with Gasteiger partial charge in [-0.3, -0.25) is 4.90 Å². The van der Waals surface area contributed by atoms with Crippen molar-refractivity contribution in [2.75, 3.05) is 25.1 Å². The average molecular weight is 512 g/mol. The summed E-state index contributed by atoms with van der Waals surface area (Å²) in [6.45, 7) is 10.5. The lowest BCUT2D eigenvalue weighted by Gasteiger charge is -2.30. The van der Waals surface area contributed by atoms with E-state index in [1.165, 1.54) is 50.2 Å². The molecule has 9 heteroatoms. The van der Waals surface area contributed by atoms with E-state index in [1.807, 2.05) is 15.9 Å². The zero-order chi connectivity index (χ0) is 24.6. The van der Waals surface area contributed by atoms with Crippen molar-refractivity contribution in [2.45, 2.75) is 58.4 Å². The molecule has 0 amide bonds. The van der Waals surface area contributed by atoms with Crippen LogP contribution in [0.3, 0.4) is 0 Å². The molecule has 1 aliphatic heterocycles. The van der Waals surface area contributed by atoms with E-state index in [9.17, 15) is 8.42 Å². The molecule has 1 saturated heterocycles.